The zero-order valence-electron chi connectivity index (χ0n) is 12.5. The number of rotatable bonds is 7. The third-order valence-corrected chi connectivity index (χ3v) is 3.36. The maximum Gasteiger partial charge on any atom is 0.269 e. The van der Waals surface area contributed by atoms with Crippen LogP contribution in [0.4, 0.5) is 0 Å². The van der Waals surface area contributed by atoms with Gasteiger partial charge in [-0.2, -0.15) is 0 Å². The molecule has 0 aromatic carbocycles. The molecule has 0 bridgehead atoms. The third kappa shape index (κ3) is 9.62. The molecule has 0 aliphatic carbocycles. The normalized spacial score (nSPS) is 14.4. The van der Waals surface area contributed by atoms with E-state index in [0.717, 1.165) is 0 Å². The van der Waals surface area contributed by atoms with Crippen LogP contribution in [0.3, 0.4) is 0 Å². The zero-order valence-corrected chi connectivity index (χ0v) is 15.2. The van der Waals surface area contributed by atoms with Crippen molar-refractivity contribution in [2.75, 3.05) is 6.61 Å². The highest BCUT2D eigenvalue weighted by Gasteiger charge is 2.21. The summed E-state index contributed by atoms with van der Waals surface area (Å²) >= 11 is 5.78. The van der Waals surface area contributed by atoms with Crippen LogP contribution in [-0.2, 0) is 13.6 Å². The second-order valence-corrected chi connectivity index (χ2v) is 14.9. The quantitative estimate of drug-likeness (QED) is 0.389. The number of hydrogen-bond donors (Lipinski definition) is 0. The Balaban J connectivity index is 4.91. The summed E-state index contributed by atoms with van der Waals surface area (Å²) in [5.74, 6) is 1.08. The molecule has 18 heavy (non-hydrogen) atoms. The fraction of sp³-hybridized carbons (Fsp3) is 0.667. The fourth-order valence-corrected chi connectivity index (χ4v) is 2.83. The van der Waals surface area contributed by atoms with Gasteiger partial charge in [0.15, 0.2) is 0 Å². The van der Waals surface area contributed by atoms with Crippen LogP contribution in [0.5, 0.6) is 0 Å². The van der Waals surface area contributed by atoms with E-state index in [1.54, 1.807) is 6.08 Å². The average Bonchev–Trinajstić information content (AvgIpc) is 2.12. The summed E-state index contributed by atoms with van der Waals surface area (Å²) in [4.78, 5) is 0. The first-order valence-electron chi connectivity index (χ1n) is 6.10. The molecule has 0 saturated carbocycles. The molecule has 0 heterocycles. The Labute approximate surface area is 118 Å². The molecular weight excluding hydrogens is 284 g/mol. The molecule has 0 aromatic heterocycles. The van der Waals surface area contributed by atoms with E-state index in [0.29, 0.717) is 18.3 Å². The van der Waals surface area contributed by atoms with Gasteiger partial charge >= 0.3 is 0 Å². The molecule has 0 aliphatic heterocycles. The monoisotopic (exact) mass is 308 g/mol. The largest absolute Gasteiger partial charge is 0.544 e. The predicted molar refractivity (Wildman–Crippen MR) is 82.5 cm³/mol. The van der Waals surface area contributed by atoms with E-state index in [1.807, 2.05) is 6.92 Å². The van der Waals surface area contributed by atoms with Gasteiger partial charge < -0.3 is 13.6 Å². The van der Waals surface area contributed by atoms with Gasteiger partial charge in [-0.25, -0.2) is 0 Å². The van der Waals surface area contributed by atoms with Crippen LogP contribution in [-0.4, -0.2) is 23.2 Å². The van der Waals surface area contributed by atoms with Crippen molar-refractivity contribution in [3.63, 3.8) is 0 Å². The van der Waals surface area contributed by atoms with Gasteiger partial charge in [0, 0.05) is 5.54 Å². The minimum atomic E-state index is -1.70. The third-order valence-electron chi connectivity index (χ3n) is 1.49. The first-order valence-corrected chi connectivity index (χ1v) is 13.4. The molecule has 0 unspecified atom stereocenters. The van der Waals surface area contributed by atoms with Crippen molar-refractivity contribution in [2.45, 2.75) is 46.2 Å². The van der Waals surface area contributed by atoms with E-state index in [4.69, 9.17) is 25.2 Å². The Morgan fingerprint density at radius 2 is 1.50 bits per heavy atom. The Hall–Kier alpha value is -0.396. The van der Waals surface area contributed by atoms with Crippen molar-refractivity contribution < 1.29 is 13.6 Å². The van der Waals surface area contributed by atoms with Crippen molar-refractivity contribution >= 4 is 28.2 Å². The van der Waals surface area contributed by atoms with Crippen molar-refractivity contribution in [3.8, 4) is 0 Å². The van der Waals surface area contributed by atoms with E-state index < -0.39 is 16.6 Å². The fourth-order valence-electron chi connectivity index (χ4n) is 1.10. The molecule has 0 atom stereocenters. The molecule has 0 saturated heterocycles. The van der Waals surface area contributed by atoms with Crippen molar-refractivity contribution in [1.29, 1.82) is 0 Å². The lowest BCUT2D eigenvalue weighted by Gasteiger charge is -2.23. The summed E-state index contributed by atoms with van der Waals surface area (Å²) in [5, 5.41) is 0. The lowest BCUT2D eigenvalue weighted by Crippen LogP contribution is -2.27. The maximum absolute atomic E-state index is 5.84. The van der Waals surface area contributed by atoms with Gasteiger partial charge in [0.1, 0.15) is 5.76 Å². The van der Waals surface area contributed by atoms with Crippen LogP contribution in [0.1, 0.15) is 6.92 Å². The molecule has 0 rings (SSSR count). The van der Waals surface area contributed by atoms with Crippen molar-refractivity contribution in [3.05, 3.63) is 23.3 Å². The van der Waals surface area contributed by atoms with Gasteiger partial charge in [-0.05, 0) is 46.2 Å². The molecule has 106 valence electrons. The average molecular weight is 309 g/mol. The van der Waals surface area contributed by atoms with Crippen LogP contribution >= 0.6 is 11.6 Å². The van der Waals surface area contributed by atoms with Crippen LogP contribution in [0.15, 0.2) is 23.3 Å². The highest BCUT2D eigenvalue weighted by Crippen LogP contribution is 2.18. The Morgan fingerprint density at radius 3 is 1.83 bits per heavy atom. The lowest BCUT2D eigenvalue weighted by atomic mass is 10.5. The van der Waals surface area contributed by atoms with E-state index in [-0.39, 0.29) is 0 Å². The summed E-state index contributed by atoms with van der Waals surface area (Å²) in [7, 11) is -3.39. The molecule has 0 spiro atoms. The first-order chi connectivity index (χ1) is 8.07. The van der Waals surface area contributed by atoms with Crippen molar-refractivity contribution in [1.82, 2.24) is 0 Å². The molecule has 0 aromatic rings. The Kier molecular flexibility index (Phi) is 7.10. The topological polar surface area (TPSA) is 27.7 Å². The van der Waals surface area contributed by atoms with E-state index in [2.05, 4.69) is 39.3 Å². The number of hydrogen-bond acceptors (Lipinski definition) is 3. The minimum absolute atomic E-state index is 0.488. The molecule has 0 N–H and O–H groups in total. The maximum atomic E-state index is 5.84. The van der Waals surface area contributed by atoms with Crippen LogP contribution < -0.4 is 0 Å². The van der Waals surface area contributed by atoms with E-state index in [9.17, 15) is 0 Å². The summed E-state index contributed by atoms with van der Waals surface area (Å²) in [6.07, 6.45) is 1.73. The highest BCUT2D eigenvalue weighted by molar-refractivity contribution is 6.70. The van der Waals surface area contributed by atoms with Crippen LogP contribution in [0.25, 0.3) is 0 Å². The van der Waals surface area contributed by atoms with Crippen molar-refractivity contribution in [2.24, 2.45) is 0 Å². The van der Waals surface area contributed by atoms with Gasteiger partial charge in [0.25, 0.3) is 5.95 Å². The van der Waals surface area contributed by atoms with E-state index >= 15 is 0 Å². The molecule has 0 aliphatic rings. The second kappa shape index (κ2) is 7.26. The van der Waals surface area contributed by atoms with E-state index in [1.165, 1.54) is 5.54 Å². The molecule has 0 radical (unpaired) electrons. The first kappa shape index (κ1) is 17.6. The summed E-state index contributed by atoms with van der Waals surface area (Å²) in [6, 6.07) is 0. The second-order valence-electron chi connectivity index (χ2n) is 5.84. The van der Waals surface area contributed by atoms with Gasteiger partial charge in [-0.15, -0.1) is 0 Å². The molecule has 0 amide bonds. The number of ether oxygens (including phenoxy) is 1. The highest BCUT2D eigenvalue weighted by atomic mass is 35.5. The molecule has 3 nitrogen and oxygen atoms in total. The standard InChI is InChI=1S/C12H25ClO3Si2/c1-8-14-12(16-18(5,6)7)9-11(10-13)15-17(2,3)4/h9-10H,8H2,1-7H3. The van der Waals surface area contributed by atoms with Crippen LogP contribution in [0, 0.1) is 0 Å². The van der Waals surface area contributed by atoms with Gasteiger partial charge in [0.2, 0.25) is 16.6 Å². The SMILES string of the molecule is CCOC(=CC(=CCl)O[Si](C)(C)C)O[Si](C)(C)C. The molecule has 0 fully saturated rings. The van der Waals surface area contributed by atoms with Crippen LogP contribution in [0.2, 0.25) is 39.3 Å². The van der Waals surface area contributed by atoms with Gasteiger partial charge in [0.05, 0.1) is 12.7 Å². The lowest BCUT2D eigenvalue weighted by molar-refractivity contribution is 0.111. The Bertz CT molecular complexity index is 314. The molecular formula is C12H25ClO3Si2. The smallest absolute Gasteiger partial charge is 0.269 e. The number of allylic oxidation sites excluding steroid dienone is 1. The van der Waals surface area contributed by atoms with Gasteiger partial charge in [-0.3, -0.25) is 0 Å². The zero-order chi connectivity index (χ0) is 14.4. The number of halogens is 1. The minimum Gasteiger partial charge on any atom is -0.544 e. The predicted octanol–water partition coefficient (Wildman–Crippen LogP) is 4.65. The summed E-state index contributed by atoms with van der Waals surface area (Å²) < 4.78 is 17.1. The summed E-state index contributed by atoms with van der Waals surface area (Å²) in [6.45, 7) is 15.1. The summed E-state index contributed by atoms with van der Waals surface area (Å²) in [5.41, 5.74) is 1.42. The van der Waals surface area contributed by atoms with Gasteiger partial charge in [-0.1, -0.05) is 11.6 Å². The Morgan fingerprint density at radius 1 is 1.00 bits per heavy atom. The molecule has 6 heteroatoms.